The largest absolute Gasteiger partial charge is 0.416 e. The smallest absolute Gasteiger partial charge is 0.399 e. The highest BCUT2D eigenvalue weighted by Crippen LogP contribution is 2.34. The number of aromatic nitrogens is 2. The molecule has 11 heteroatoms. The zero-order chi connectivity index (χ0) is 22.2. The summed E-state index contributed by atoms with van der Waals surface area (Å²) in [5, 5.41) is 3.16. The molecule has 2 aliphatic heterocycles. The number of hydrogen-bond acceptors (Lipinski definition) is 6. The van der Waals surface area contributed by atoms with E-state index in [-0.39, 0.29) is 11.7 Å². The summed E-state index contributed by atoms with van der Waals surface area (Å²) in [5.74, 6) is 0.491. The van der Waals surface area contributed by atoms with Gasteiger partial charge in [0.25, 0.3) is 0 Å². The number of amides is 2. The van der Waals surface area contributed by atoms with Gasteiger partial charge in [0.2, 0.25) is 0 Å². The fourth-order valence-electron chi connectivity index (χ4n) is 3.77. The molecule has 1 atom stereocenters. The lowest BCUT2D eigenvalue weighted by molar-refractivity contribution is -0.137. The third kappa shape index (κ3) is 4.50. The lowest BCUT2D eigenvalue weighted by Gasteiger charge is -2.30. The van der Waals surface area contributed by atoms with Crippen LogP contribution in [0.4, 0.5) is 29.5 Å². The van der Waals surface area contributed by atoms with Crippen LogP contribution in [0.5, 0.6) is 0 Å². The van der Waals surface area contributed by atoms with E-state index >= 15 is 0 Å². The van der Waals surface area contributed by atoms with Gasteiger partial charge in [0.15, 0.2) is 0 Å². The Bertz CT molecular complexity index is 978. The molecule has 4 rings (SSSR count). The van der Waals surface area contributed by atoms with Crippen molar-refractivity contribution in [1.29, 1.82) is 0 Å². The van der Waals surface area contributed by atoms with Crippen molar-refractivity contribution >= 4 is 17.5 Å². The molecule has 0 saturated carbocycles. The molecule has 0 unspecified atom stereocenters. The number of rotatable bonds is 3. The van der Waals surface area contributed by atoms with E-state index in [0.29, 0.717) is 50.8 Å². The van der Waals surface area contributed by atoms with Crippen molar-refractivity contribution in [2.75, 3.05) is 37.4 Å². The van der Waals surface area contributed by atoms with Crippen LogP contribution >= 0.6 is 0 Å². The first-order chi connectivity index (χ1) is 14.7. The Hall–Kier alpha value is -3.08. The summed E-state index contributed by atoms with van der Waals surface area (Å²) in [6.45, 7) is 4.51. The van der Waals surface area contributed by atoms with E-state index in [9.17, 15) is 18.0 Å². The van der Waals surface area contributed by atoms with Gasteiger partial charge in [0.05, 0.1) is 43.6 Å². The minimum absolute atomic E-state index is 0.0358. The molecule has 1 aromatic heterocycles. The highest BCUT2D eigenvalue weighted by atomic mass is 19.4. The Morgan fingerprint density at radius 3 is 2.61 bits per heavy atom. The van der Waals surface area contributed by atoms with Crippen LogP contribution in [0.15, 0.2) is 24.5 Å². The number of alkyl halides is 3. The second-order valence-electron chi connectivity index (χ2n) is 7.64. The van der Waals surface area contributed by atoms with Gasteiger partial charge in [-0.25, -0.2) is 14.8 Å². The SMILES string of the molecule is C[C@@H](Nc1ncnc2c1CN(C(=O)N1CCOCC1)C2)c1cc(N)cc(C(F)(F)F)c1. The van der Waals surface area contributed by atoms with Crippen LogP contribution in [0.2, 0.25) is 0 Å². The molecule has 0 radical (unpaired) electrons. The third-order valence-corrected chi connectivity index (χ3v) is 5.43. The molecule has 8 nitrogen and oxygen atoms in total. The molecule has 0 aliphatic carbocycles. The molecule has 1 fully saturated rings. The van der Waals surface area contributed by atoms with Crippen LogP contribution in [0, 0.1) is 0 Å². The Morgan fingerprint density at radius 1 is 1.16 bits per heavy atom. The number of nitrogens with zero attached hydrogens (tertiary/aromatic N) is 4. The van der Waals surface area contributed by atoms with E-state index < -0.39 is 17.8 Å². The van der Waals surface area contributed by atoms with Crippen molar-refractivity contribution in [2.24, 2.45) is 0 Å². The highest BCUT2D eigenvalue weighted by Gasteiger charge is 2.33. The maximum absolute atomic E-state index is 13.1. The summed E-state index contributed by atoms with van der Waals surface area (Å²) in [4.78, 5) is 24.8. The molecule has 1 aromatic carbocycles. The number of halogens is 3. The quantitative estimate of drug-likeness (QED) is 0.718. The van der Waals surface area contributed by atoms with Crippen LogP contribution in [-0.4, -0.2) is 52.1 Å². The van der Waals surface area contributed by atoms with Crippen LogP contribution < -0.4 is 11.1 Å². The van der Waals surface area contributed by atoms with E-state index in [1.807, 2.05) is 0 Å². The molecule has 2 aliphatic rings. The molecular formula is C20H23F3N6O2. The average molecular weight is 436 g/mol. The van der Waals surface area contributed by atoms with Gasteiger partial charge in [-0.3, -0.25) is 0 Å². The van der Waals surface area contributed by atoms with Gasteiger partial charge in [-0.1, -0.05) is 0 Å². The summed E-state index contributed by atoms with van der Waals surface area (Å²) in [5.41, 5.74) is 6.79. The molecule has 166 valence electrons. The van der Waals surface area contributed by atoms with Crippen LogP contribution in [0.25, 0.3) is 0 Å². The lowest BCUT2D eigenvalue weighted by Crippen LogP contribution is -2.46. The zero-order valence-electron chi connectivity index (χ0n) is 16.9. The minimum atomic E-state index is -4.49. The van der Waals surface area contributed by atoms with Crippen molar-refractivity contribution in [3.8, 4) is 0 Å². The second kappa shape index (κ2) is 8.22. The Balaban J connectivity index is 1.51. The van der Waals surface area contributed by atoms with Gasteiger partial charge in [-0.2, -0.15) is 13.2 Å². The molecule has 2 amide bonds. The normalized spacial score (nSPS) is 17.4. The van der Waals surface area contributed by atoms with Gasteiger partial charge in [0.1, 0.15) is 12.1 Å². The monoisotopic (exact) mass is 436 g/mol. The summed E-state index contributed by atoms with van der Waals surface area (Å²) < 4.78 is 44.7. The molecule has 1 saturated heterocycles. The zero-order valence-corrected chi connectivity index (χ0v) is 16.9. The number of anilines is 2. The van der Waals surface area contributed by atoms with Gasteiger partial charge in [-0.15, -0.1) is 0 Å². The average Bonchev–Trinajstić information content (AvgIpc) is 3.18. The Labute approximate surface area is 177 Å². The topological polar surface area (TPSA) is 96.6 Å². The van der Waals surface area contributed by atoms with Crippen molar-refractivity contribution in [3.63, 3.8) is 0 Å². The predicted octanol–water partition coefficient (Wildman–Crippen LogP) is 3.02. The summed E-state index contributed by atoms with van der Waals surface area (Å²) in [7, 11) is 0. The fraction of sp³-hybridized carbons (Fsp3) is 0.450. The maximum Gasteiger partial charge on any atom is 0.416 e. The van der Waals surface area contributed by atoms with E-state index in [0.717, 1.165) is 23.4 Å². The standard InChI is InChI=1S/C20H23F3N6O2/c1-12(13-6-14(20(21,22)23)8-15(24)7-13)27-18-16-9-29(10-17(16)25-11-26-18)19(30)28-2-4-31-5-3-28/h6-8,11-12H,2-5,9-10,24H2,1H3,(H,25,26,27)/t12-/m1/s1. The van der Waals surface area contributed by atoms with Crippen molar-refractivity contribution in [1.82, 2.24) is 19.8 Å². The summed E-state index contributed by atoms with van der Waals surface area (Å²) in [6.07, 6.45) is -3.10. The number of carbonyl (C=O) groups is 1. The number of morpholine rings is 1. The van der Waals surface area contributed by atoms with E-state index in [1.165, 1.54) is 12.4 Å². The first-order valence-corrected chi connectivity index (χ1v) is 9.91. The number of urea groups is 1. The van der Waals surface area contributed by atoms with Crippen molar-refractivity contribution in [3.05, 3.63) is 46.9 Å². The fourth-order valence-corrected chi connectivity index (χ4v) is 3.77. The summed E-state index contributed by atoms with van der Waals surface area (Å²) in [6, 6.07) is 2.90. The Morgan fingerprint density at radius 2 is 1.90 bits per heavy atom. The minimum Gasteiger partial charge on any atom is -0.399 e. The Kier molecular flexibility index (Phi) is 5.61. The van der Waals surface area contributed by atoms with Crippen LogP contribution in [-0.2, 0) is 24.0 Å². The number of ether oxygens (including phenoxy) is 1. The molecule has 31 heavy (non-hydrogen) atoms. The highest BCUT2D eigenvalue weighted by molar-refractivity contribution is 5.76. The second-order valence-corrected chi connectivity index (χ2v) is 7.64. The number of nitrogen functional groups attached to an aromatic ring is 1. The van der Waals surface area contributed by atoms with Gasteiger partial charge < -0.3 is 25.6 Å². The van der Waals surface area contributed by atoms with Gasteiger partial charge in [-0.05, 0) is 30.7 Å². The molecule has 0 bridgehead atoms. The third-order valence-electron chi connectivity index (χ3n) is 5.43. The number of nitrogens with one attached hydrogen (secondary N) is 1. The maximum atomic E-state index is 13.1. The predicted molar refractivity (Wildman–Crippen MR) is 107 cm³/mol. The van der Waals surface area contributed by atoms with E-state index in [1.54, 1.807) is 16.7 Å². The lowest BCUT2D eigenvalue weighted by atomic mass is 10.0. The molecule has 2 aromatic rings. The molecular weight excluding hydrogens is 413 g/mol. The number of fused-ring (bicyclic) bond motifs is 1. The molecule has 3 heterocycles. The first-order valence-electron chi connectivity index (χ1n) is 9.91. The summed E-state index contributed by atoms with van der Waals surface area (Å²) >= 11 is 0. The van der Waals surface area contributed by atoms with Gasteiger partial charge >= 0.3 is 12.2 Å². The number of hydrogen-bond donors (Lipinski definition) is 2. The van der Waals surface area contributed by atoms with Crippen LogP contribution in [0.3, 0.4) is 0 Å². The van der Waals surface area contributed by atoms with E-state index in [4.69, 9.17) is 10.5 Å². The number of carbonyl (C=O) groups excluding carboxylic acids is 1. The first kappa shape index (κ1) is 21.2. The van der Waals surface area contributed by atoms with Crippen molar-refractivity contribution < 1.29 is 22.7 Å². The van der Waals surface area contributed by atoms with Crippen molar-refractivity contribution in [2.45, 2.75) is 32.2 Å². The molecule has 0 spiro atoms. The number of benzene rings is 1. The number of nitrogens with two attached hydrogens (primary N) is 1. The molecule has 3 N–H and O–H groups in total. The van der Waals surface area contributed by atoms with Crippen LogP contribution in [0.1, 0.15) is 35.3 Å². The van der Waals surface area contributed by atoms with Gasteiger partial charge in [0, 0.05) is 24.3 Å². The van der Waals surface area contributed by atoms with E-state index in [2.05, 4.69) is 15.3 Å².